The van der Waals surface area contributed by atoms with E-state index in [-0.39, 0.29) is 40.9 Å². The van der Waals surface area contributed by atoms with Crippen molar-refractivity contribution >= 4 is 12.0 Å². The highest BCUT2D eigenvalue weighted by atomic mass is 19.1. The van der Waals surface area contributed by atoms with Crippen molar-refractivity contribution in [2.24, 2.45) is 11.8 Å². The summed E-state index contributed by atoms with van der Waals surface area (Å²) in [6, 6.07) is 4.33. The van der Waals surface area contributed by atoms with Crippen LogP contribution in [0.1, 0.15) is 37.0 Å². The topological polar surface area (TPSA) is 88.8 Å². The molecule has 1 aromatic carbocycles. The van der Waals surface area contributed by atoms with Crippen LogP contribution in [0.4, 0.5) is 9.18 Å². The normalized spacial score (nSPS) is 21.1. The average Bonchev–Trinajstić information content (AvgIpc) is 3.33. The fourth-order valence-corrected chi connectivity index (χ4v) is 4.12. The van der Waals surface area contributed by atoms with Crippen LogP contribution in [0.25, 0.3) is 11.5 Å². The molecular formula is C21H25FN4O4. The first-order valence-electron chi connectivity index (χ1n) is 9.99. The van der Waals surface area contributed by atoms with Crippen LogP contribution >= 0.6 is 0 Å². The maximum Gasteiger partial charge on any atom is 0.410 e. The molecule has 8 nitrogen and oxygen atoms in total. The Morgan fingerprint density at radius 3 is 2.33 bits per heavy atom. The van der Waals surface area contributed by atoms with Crippen molar-refractivity contribution in [3.63, 3.8) is 0 Å². The third kappa shape index (κ3) is 3.88. The molecule has 1 aromatic heterocycles. The average molecular weight is 416 g/mol. The number of aromatic nitrogens is 2. The molecule has 9 heteroatoms. The minimum Gasteiger partial charge on any atom is -0.444 e. The SMILES string of the molecule is Cc1noc(-c2c(F)cccc2C(=O)N2CC3CN(C(=O)OC(C)(C)C)CC3C2)n1. The smallest absolute Gasteiger partial charge is 0.410 e. The van der Waals surface area contributed by atoms with Crippen LogP contribution in [0, 0.1) is 24.6 Å². The molecule has 0 bridgehead atoms. The summed E-state index contributed by atoms with van der Waals surface area (Å²) in [4.78, 5) is 33.0. The van der Waals surface area contributed by atoms with Crippen molar-refractivity contribution in [3.05, 3.63) is 35.4 Å². The molecular weight excluding hydrogens is 391 g/mol. The summed E-state index contributed by atoms with van der Waals surface area (Å²) in [5, 5.41) is 3.70. The number of carbonyl (C=O) groups excluding carboxylic acids is 2. The molecule has 0 saturated carbocycles. The van der Waals surface area contributed by atoms with E-state index in [2.05, 4.69) is 10.1 Å². The lowest BCUT2D eigenvalue weighted by molar-refractivity contribution is 0.0275. The van der Waals surface area contributed by atoms with Crippen molar-refractivity contribution in [1.82, 2.24) is 19.9 Å². The number of benzene rings is 1. The number of likely N-dealkylation sites (tertiary alicyclic amines) is 2. The third-order valence-corrected chi connectivity index (χ3v) is 5.41. The highest BCUT2D eigenvalue weighted by Gasteiger charge is 2.44. The molecule has 2 aliphatic rings. The summed E-state index contributed by atoms with van der Waals surface area (Å²) >= 11 is 0. The Kier molecular flexibility index (Phi) is 4.99. The molecule has 2 atom stereocenters. The van der Waals surface area contributed by atoms with Crippen LogP contribution in [0.3, 0.4) is 0 Å². The Morgan fingerprint density at radius 1 is 1.13 bits per heavy atom. The number of rotatable bonds is 2. The maximum atomic E-state index is 14.5. The minimum atomic E-state index is -0.583. The van der Waals surface area contributed by atoms with Gasteiger partial charge in [0.15, 0.2) is 5.82 Å². The molecule has 3 heterocycles. The standard InChI is InChI=1S/C21H25FN4O4/c1-12-23-18(30-24-12)17-15(6-5-7-16(17)22)19(27)25-8-13-10-26(11-14(13)9-25)20(28)29-21(2,3)4/h5-7,13-14H,8-11H2,1-4H3. The van der Waals surface area contributed by atoms with E-state index in [1.165, 1.54) is 12.1 Å². The summed E-state index contributed by atoms with van der Waals surface area (Å²) in [6.07, 6.45) is -0.325. The van der Waals surface area contributed by atoms with Gasteiger partial charge in [-0.25, -0.2) is 9.18 Å². The number of fused-ring (bicyclic) bond motifs is 1. The number of hydrogen-bond acceptors (Lipinski definition) is 6. The van der Waals surface area contributed by atoms with Gasteiger partial charge >= 0.3 is 6.09 Å². The van der Waals surface area contributed by atoms with Gasteiger partial charge in [0.1, 0.15) is 11.4 Å². The number of nitrogens with zero attached hydrogens (tertiary/aromatic N) is 4. The van der Waals surface area contributed by atoms with Gasteiger partial charge in [-0.3, -0.25) is 4.79 Å². The summed E-state index contributed by atoms with van der Waals surface area (Å²) in [6.45, 7) is 9.23. The zero-order chi connectivity index (χ0) is 21.6. The van der Waals surface area contributed by atoms with Crippen molar-refractivity contribution in [1.29, 1.82) is 0 Å². The van der Waals surface area contributed by atoms with Crippen LogP contribution < -0.4 is 0 Å². The Balaban J connectivity index is 1.48. The van der Waals surface area contributed by atoms with E-state index < -0.39 is 11.4 Å². The zero-order valence-electron chi connectivity index (χ0n) is 17.5. The molecule has 4 rings (SSSR count). The predicted octanol–water partition coefficient (Wildman–Crippen LogP) is 3.12. The van der Waals surface area contributed by atoms with Crippen molar-refractivity contribution in [3.8, 4) is 11.5 Å². The molecule has 2 fully saturated rings. The summed E-state index contributed by atoms with van der Waals surface area (Å²) in [5.74, 6) is -0.166. The fourth-order valence-electron chi connectivity index (χ4n) is 4.12. The molecule has 30 heavy (non-hydrogen) atoms. The van der Waals surface area contributed by atoms with Crippen LogP contribution in [0.15, 0.2) is 22.7 Å². The van der Waals surface area contributed by atoms with Crippen molar-refractivity contribution < 1.29 is 23.2 Å². The lowest BCUT2D eigenvalue weighted by Crippen LogP contribution is -2.38. The second kappa shape index (κ2) is 7.37. The van der Waals surface area contributed by atoms with E-state index in [1.807, 2.05) is 20.8 Å². The number of ether oxygens (including phenoxy) is 1. The van der Waals surface area contributed by atoms with Gasteiger partial charge in [-0.2, -0.15) is 4.98 Å². The summed E-state index contributed by atoms with van der Waals surface area (Å²) < 4.78 is 25.1. The molecule has 2 aromatic rings. The molecule has 0 spiro atoms. The van der Waals surface area contributed by atoms with Gasteiger partial charge in [0.2, 0.25) is 0 Å². The maximum absolute atomic E-state index is 14.5. The number of aryl methyl sites for hydroxylation is 1. The Morgan fingerprint density at radius 2 is 1.77 bits per heavy atom. The molecule has 2 amide bonds. The van der Waals surface area contributed by atoms with Gasteiger partial charge in [0.05, 0.1) is 11.1 Å². The highest BCUT2D eigenvalue weighted by Crippen LogP contribution is 2.34. The van der Waals surface area contributed by atoms with E-state index in [9.17, 15) is 14.0 Å². The van der Waals surface area contributed by atoms with Crippen LogP contribution in [0.2, 0.25) is 0 Å². The lowest BCUT2D eigenvalue weighted by atomic mass is 10.0. The van der Waals surface area contributed by atoms with Gasteiger partial charge in [-0.1, -0.05) is 11.2 Å². The van der Waals surface area contributed by atoms with Crippen LogP contribution in [-0.4, -0.2) is 63.7 Å². The monoisotopic (exact) mass is 416 g/mol. The molecule has 0 N–H and O–H groups in total. The number of hydrogen-bond donors (Lipinski definition) is 0. The number of carbonyl (C=O) groups is 2. The zero-order valence-corrected chi connectivity index (χ0v) is 17.5. The molecule has 0 radical (unpaired) electrons. The predicted molar refractivity (Wildman–Crippen MR) is 105 cm³/mol. The van der Waals surface area contributed by atoms with E-state index in [1.54, 1.807) is 22.8 Å². The van der Waals surface area contributed by atoms with E-state index >= 15 is 0 Å². The van der Waals surface area contributed by atoms with Gasteiger partial charge in [-0.05, 0) is 39.8 Å². The fraction of sp³-hybridized carbons (Fsp3) is 0.524. The van der Waals surface area contributed by atoms with E-state index in [0.717, 1.165) is 0 Å². The second-order valence-electron chi connectivity index (χ2n) is 8.92. The largest absolute Gasteiger partial charge is 0.444 e. The van der Waals surface area contributed by atoms with Crippen molar-refractivity contribution in [2.45, 2.75) is 33.3 Å². The summed E-state index contributed by atoms with van der Waals surface area (Å²) in [5.41, 5.74) is -0.323. The minimum absolute atomic E-state index is 0.00978. The molecule has 0 aliphatic carbocycles. The van der Waals surface area contributed by atoms with Gasteiger partial charge in [0.25, 0.3) is 11.8 Å². The second-order valence-corrected chi connectivity index (χ2v) is 8.92. The molecule has 160 valence electrons. The lowest BCUT2D eigenvalue weighted by Gasteiger charge is -2.26. The van der Waals surface area contributed by atoms with E-state index in [4.69, 9.17) is 9.26 Å². The highest BCUT2D eigenvalue weighted by molar-refractivity contribution is 6.00. The van der Waals surface area contributed by atoms with Crippen LogP contribution in [0.5, 0.6) is 0 Å². The first kappa shape index (κ1) is 20.3. The van der Waals surface area contributed by atoms with Gasteiger partial charge in [0, 0.05) is 38.0 Å². The van der Waals surface area contributed by atoms with E-state index in [0.29, 0.717) is 32.0 Å². The molecule has 2 saturated heterocycles. The number of amides is 2. The third-order valence-electron chi connectivity index (χ3n) is 5.41. The molecule has 2 aliphatic heterocycles. The van der Waals surface area contributed by atoms with Gasteiger partial charge in [-0.15, -0.1) is 0 Å². The first-order chi connectivity index (χ1) is 14.1. The van der Waals surface area contributed by atoms with Gasteiger partial charge < -0.3 is 19.1 Å². The van der Waals surface area contributed by atoms with Crippen LogP contribution in [-0.2, 0) is 4.74 Å². The summed E-state index contributed by atoms with van der Waals surface area (Å²) in [7, 11) is 0. The Labute approximate surface area is 174 Å². The van der Waals surface area contributed by atoms with Crippen molar-refractivity contribution in [2.75, 3.05) is 26.2 Å². The number of halogens is 1. The quantitative estimate of drug-likeness (QED) is 0.747. The Bertz CT molecular complexity index is 970. The molecule has 2 unspecified atom stereocenters. The Hall–Kier alpha value is -2.97. The first-order valence-corrected chi connectivity index (χ1v) is 9.99.